The van der Waals surface area contributed by atoms with Crippen LogP contribution >= 0.6 is 11.8 Å². The monoisotopic (exact) mass is 266 g/mol. The molecule has 1 unspecified atom stereocenters. The molecule has 0 bridgehead atoms. The van der Waals surface area contributed by atoms with Crippen molar-refractivity contribution in [3.63, 3.8) is 0 Å². The number of nitrogens with zero attached hydrogens (tertiary/aromatic N) is 3. The van der Waals surface area contributed by atoms with Crippen molar-refractivity contribution < 1.29 is 4.74 Å². The second-order valence-corrected chi connectivity index (χ2v) is 5.16. The highest BCUT2D eigenvalue weighted by Gasteiger charge is 2.19. The molecule has 0 saturated carbocycles. The Balaban J connectivity index is 1.84. The fourth-order valence-corrected chi connectivity index (χ4v) is 2.71. The third kappa shape index (κ3) is 3.96. The van der Waals surface area contributed by atoms with E-state index in [9.17, 15) is 0 Å². The number of thioether (sulfide) groups is 1. The van der Waals surface area contributed by atoms with Gasteiger partial charge in [0.15, 0.2) is 5.17 Å². The van der Waals surface area contributed by atoms with Crippen LogP contribution in [0.25, 0.3) is 0 Å². The van der Waals surface area contributed by atoms with E-state index in [-0.39, 0.29) is 0 Å². The van der Waals surface area contributed by atoms with Crippen molar-refractivity contribution in [1.82, 2.24) is 15.3 Å². The van der Waals surface area contributed by atoms with Gasteiger partial charge in [0.1, 0.15) is 5.82 Å². The van der Waals surface area contributed by atoms with Crippen LogP contribution in [-0.2, 0) is 11.3 Å². The lowest BCUT2D eigenvalue weighted by Crippen LogP contribution is -2.28. The summed E-state index contributed by atoms with van der Waals surface area (Å²) in [6, 6.07) is 2.37. The average Bonchev–Trinajstić information content (AvgIpc) is 2.82. The van der Waals surface area contributed by atoms with Crippen LogP contribution in [0.5, 0.6) is 0 Å². The highest BCUT2D eigenvalue weighted by atomic mass is 32.2. The number of aliphatic imine (C=N–C) groups is 1. The normalized spacial score (nSPS) is 21.2. The minimum absolute atomic E-state index is 0.473. The molecular weight excluding hydrogens is 248 g/mol. The Morgan fingerprint density at radius 2 is 2.50 bits per heavy atom. The fourth-order valence-electron chi connectivity index (χ4n) is 1.69. The van der Waals surface area contributed by atoms with Crippen LogP contribution in [-0.4, -0.2) is 40.6 Å². The summed E-state index contributed by atoms with van der Waals surface area (Å²) in [4.78, 5) is 12.9. The summed E-state index contributed by atoms with van der Waals surface area (Å²) in [5.74, 6) is 1.85. The molecular formula is C12H18N4OS. The number of aromatic nitrogens is 2. The van der Waals surface area contributed by atoms with Crippen LogP contribution in [0.1, 0.15) is 17.9 Å². The van der Waals surface area contributed by atoms with E-state index >= 15 is 0 Å². The molecule has 1 aromatic heterocycles. The number of nitrogens with one attached hydrogen (secondary N) is 1. The molecule has 1 N–H and O–H groups in total. The summed E-state index contributed by atoms with van der Waals surface area (Å²) < 4.78 is 5.08. The van der Waals surface area contributed by atoms with E-state index < -0.39 is 0 Å². The molecule has 0 spiro atoms. The number of hydrogen-bond donors (Lipinski definition) is 1. The van der Waals surface area contributed by atoms with Gasteiger partial charge >= 0.3 is 0 Å². The van der Waals surface area contributed by atoms with Crippen LogP contribution < -0.4 is 5.32 Å². The van der Waals surface area contributed by atoms with Gasteiger partial charge in [-0.1, -0.05) is 11.8 Å². The zero-order valence-electron chi connectivity index (χ0n) is 10.7. The molecule has 2 rings (SSSR count). The Kier molecular flexibility index (Phi) is 4.95. The number of methoxy groups -OCH3 is 1. The van der Waals surface area contributed by atoms with Crippen LogP contribution in [0.2, 0.25) is 0 Å². The van der Waals surface area contributed by atoms with Crippen molar-refractivity contribution in [2.24, 2.45) is 4.99 Å². The predicted octanol–water partition coefficient (Wildman–Crippen LogP) is 1.38. The third-order valence-corrected chi connectivity index (χ3v) is 3.73. The Bertz CT molecular complexity index is 424. The van der Waals surface area contributed by atoms with Crippen molar-refractivity contribution in [1.29, 1.82) is 0 Å². The largest absolute Gasteiger partial charge is 0.385 e. The summed E-state index contributed by atoms with van der Waals surface area (Å²) in [7, 11) is 1.73. The molecule has 0 aliphatic carbocycles. The molecule has 0 aromatic carbocycles. The van der Waals surface area contributed by atoms with Gasteiger partial charge in [0.05, 0.1) is 12.2 Å². The van der Waals surface area contributed by atoms with Gasteiger partial charge in [0.25, 0.3) is 0 Å². The maximum Gasteiger partial charge on any atom is 0.157 e. The van der Waals surface area contributed by atoms with Gasteiger partial charge in [-0.15, -0.1) is 0 Å². The zero-order valence-corrected chi connectivity index (χ0v) is 11.5. The lowest BCUT2D eigenvalue weighted by Gasteiger charge is -2.08. The maximum atomic E-state index is 5.08. The lowest BCUT2D eigenvalue weighted by molar-refractivity contribution is 0.188. The standard InChI is InChI=1S/C12H18N4OS/c1-9-13-5-3-10(15-9)7-14-12-16-11(8-18-12)4-6-17-2/h3,5,11H,4,6-8H2,1-2H3,(H,14,16). The molecule has 0 amide bonds. The van der Waals surface area contributed by atoms with E-state index in [0.717, 1.165) is 35.5 Å². The quantitative estimate of drug-likeness (QED) is 0.872. The van der Waals surface area contributed by atoms with E-state index in [1.165, 1.54) is 0 Å². The number of hydrogen-bond acceptors (Lipinski definition) is 5. The predicted molar refractivity (Wildman–Crippen MR) is 73.8 cm³/mol. The Morgan fingerprint density at radius 3 is 3.28 bits per heavy atom. The van der Waals surface area contributed by atoms with Gasteiger partial charge in [-0.05, 0) is 19.4 Å². The first-order chi connectivity index (χ1) is 8.78. The first-order valence-electron chi connectivity index (χ1n) is 5.99. The Hall–Kier alpha value is -1.14. The van der Waals surface area contributed by atoms with E-state index in [1.807, 2.05) is 13.0 Å². The summed E-state index contributed by atoms with van der Waals surface area (Å²) in [5, 5.41) is 4.41. The van der Waals surface area contributed by atoms with Crippen molar-refractivity contribution in [2.45, 2.75) is 25.9 Å². The highest BCUT2D eigenvalue weighted by Crippen LogP contribution is 2.16. The van der Waals surface area contributed by atoms with Crippen LogP contribution in [0.3, 0.4) is 0 Å². The average molecular weight is 266 g/mol. The van der Waals surface area contributed by atoms with Crippen molar-refractivity contribution in [3.8, 4) is 0 Å². The van der Waals surface area contributed by atoms with Gasteiger partial charge in [-0.2, -0.15) is 0 Å². The van der Waals surface area contributed by atoms with Gasteiger partial charge < -0.3 is 10.1 Å². The lowest BCUT2D eigenvalue weighted by atomic mass is 10.2. The topological polar surface area (TPSA) is 59.4 Å². The molecule has 6 heteroatoms. The molecule has 1 aliphatic rings. The second kappa shape index (κ2) is 6.70. The second-order valence-electron chi connectivity index (χ2n) is 4.15. The molecule has 0 radical (unpaired) electrons. The molecule has 98 valence electrons. The summed E-state index contributed by atoms with van der Waals surface area (Å²) in [6.45, 7) is 3.28. The molecule has 1 fully saturated rings. The Labute approximate surface area is 111 Å². The molecule has 2 heterocycles. The van der Waals surface area contributed by atoms with Crippen LogP contribution in [0, 0.1) is 6.92 Å². The molecule has 1 aliphatic heterocycles. The molecule has 1 atom stereocenters. The van der Waals surface area contributed by atoms with Crippen molar-refractivity contribution in [3.05, 3.63) is 23.8 Å². The molecule has 1 aromatic rings. The van der Waals surface area contributed by atoms with Gasteiger partial charge in [0.2, 0.25) is 0 Å². The Morgan fingerprint density at radius 1 is 1.61 bits per heavy atom. The third-order valence-electron chi connectivity index (χ3n) is 2.64. The molecule has 5 nitrogen and oxygen atoms in total. The smallest absolute Gasteiger partial charge is 0.157 e. The molecule has 18 heavy (non-hydrogen) atoms. The van der Waals surface area contributed by atoms with Gasteiger partial charge in [0, 0.05) is 31.7 Å². The van der Waals surface area contributed by atoms with Crippen molar-refractivity contribution >= 4 is 16.9 Å². The number of aryl methyl sites for hydroxylation is 1. The maximum absolute atomic E-state index is 5.08. The van der Waals surface area contributed by atoms with Crippen LogP contribution in [0.15, 0.2) is 17.3 Å². The van der Waals surface area contributed by atoms with E-state index in [4.69, 9.17) is 4.74 Å². The van der Waals surface area contributed by atoms with E-state index in [0.29, 0.717) is 12.6 Å². The van der Waals surface area contributed by atoms with Gasteiger partial charge in [-0.25, -0.2) is 9.97 Å². The minimum Gasteiger partial charge on any atom is -0.385 e. The first kappa shape index (κ1) is 13.3. The first-order valence-corrected chi connectivity index (χ1v) is 6.97. The van der Waals surface area contributed by atoms with E-state index in [2.05, 4.69) is 20.3 Å². The van der Waals surface area contributed by atoms with Crippen molar-refractivity contribution in [2.75, 3.05) is 19.5 Å². The zero-order chi connectivity index (χ0) is 12.8. The summed E-state index contributed by atoms with van der Waals surface area (Å²) in [6.07, 6.45) is 2.80. The summed E-state index contributed by atoms with van der Waals surface area (Å²) in [5.41, 5.74) is 0.956. The van der Waals surface area contributed by atoms with E-state index in [1.54, 1.807) is 25.1 Å². The molecule has 1 saturated heterocycles. The van der Waals surface area contributed by atoms with Crippen LogP contribution in [0.4, 0.5) is 0 Å². The highest BCUT2D eigenvalue weighted by molar-refractivity contribution is 8.14. The number of rotatable bonds is 5. The minimum atomic E-state index is 0.473. The SMILES string of the molecule is COCCC1CSC(=NCc2ccnc(C)n2)N1. The number of amidine groups is 1. The number of ether oxygens (including phenoxy) is 1. The summed E-state index contributed by atoms with van der Waals surface area (Å²) >= 11 is 1.76. The van der Waals surface area contributed by atoms with Gasteiger partial charge in [-0.3, -0.25) is 4.99 Å². The fraction of sp³-hybridized carbons (Fsp3) is 0.583.